The van der Waals surface area contributed by atoms with E-state index in [9.17, 15) is 20.4 Å². The Morgan fingerprint density at radius 1 is 1.32 bits per heavy atom. The van der Waals surface area contributed by atoms with E-state index in [2.05, 4.69) is 0 Å². The molecule has 0 amide bonds. The highest BCUT2D eigenvalue weighted by Gasteiger charge is 2.48. The number of hydrogen-bond donors (Lipinski definition) is 4. The summed E-state index contributed by atoms with van der Waals surface area (Å²) in [6.45, 7) is -0.252. The molecule has 7 heteroatoms. The van der Waals surface area contributed by atoms with E-state index in [1.54, 1.807) is 10.9 Å². The van der Waals surface area contributed by atoms with Crippen LogP contribution in [0.4, 0.5) is 0 Å². The van der Waals surface area contributed by atoms with E-state index in [0.717, 1.165) is 10.9 Å². The molecule has 4 N–H and O–H groups in total. The Morgan fingerprint density at radius 2 is 2.05 bits per heavy atom. The summed E-state index contributed by atoms with van der Waals surface area (Å²) in [5.41, 5.74) is 1.51. The third-order valence-electron chi connectivity index (χ3n) is 4.08. The monoisotopic (exact) mass is 309 g/mol. The molecule has 1 saturated heterocycles. The first kappa shape index (κ1) is 15.3. The minimum absolute atomic E-state index is 0.0468. The summed E-state index contributed by atoms with van der Waals surface area (Å²) >= 11 is 0. The van der Waals surface area contributed by atoms with E-state index in [-0.39, 0.29) is 13.0 Å². The lowest BCUT2D eigenvalue weighted by Gasteiger charge is -2.41. The summed E-state index contributed by atoms with van der Waals surface area (Å²) in [5.74, 6) is -1.97. The van der Waals surface area contributed by atoms with Gasteiger partial charge in [0, 0.05) is 18.0 Å². The number of ether oxygens (including phenoxy) is 1. The van der Waals surface area contributed by atoms with Crippen molar-refractivity contribution in [3.8, 4) is 0 Å². The SMILES string of the molecule is COn1cc(C[C@@]2(O)OC[C@H](O)[C@@H](O)[C@H]2O)c2ccccc21. The highest BCUT2D eigenvalue weighted by Crippen LogP contribution is 2.31. The minimum atomic E-state index is -1.97. The maximum absolute atomic E-state index is 10.5. The predicted molar refractivity (Wildman–Crippen MR) is 77.1 cm³/mol. The van der Waals surface area contributed by atoms with Gasteiger partial charge in [0.05, 0.1) is 12.1 Å². The van der Waals surface area contributed by atoms with Crippen LogP contribution in [0.3, 0.4) is 0 Å². The van der Waals surface area contributed by atoms with Crippen LogP contribution in [-0.2, 0) is 11.2 Å². The van der Waals surface area contributed by atoms with Gasteiger partial charge in [-0.05, 0) is 11.6 Å². The third-order valence-corrected chi connectivity index (χ3v) is 4.08. The van der Waals surface area contributed by atoms with Crippen molar-refractivity contribution in [3.63, 3.8) is 0 Å². The second-order valence-corrected chi connectivity index (χ2v) is 5.52. The Morgan fingerprint density at radius 3 is 2.77 bits per heavy atom. The molecule has 1 aliphatic rings. The molecule has 0 unspecified atom stereocenters. The first-order valence-corrected chi connectivity index (χ1v) is 7.00. The van der Waals surface area contributed by atoms with Crippen LogP contribution < -0.4 is 4.84 Å². The molecule has 0 aliphatic carbocycles. The zero-order valence-electron chi connectivity index (χ0n) is 12.1. The van der Waals surface area contributed by atoms with Crippen LogP contribution in [0, 0.1) is 0 Å². The molecule has 0 spiro atoms. The Balaban J connectivity index is 1.96. The van der Waals surface area contributed by atoms with Gasteiger partial charge in [0.25, 0.3) is 0 Å². The summed E-state index contributed by atoms with van der Waals surface area (Å²) < 4.78 is 6.75. The van der Waals surface area contributed by atoms with Crippen molar-refractivity contribution in [2.45, 2.75) is 30.5 Å². The van der Waals surface area contributed by atoms with Crippen LogP contribution in [0.25, 0.3) is 10.9 Å². The van der Waals surface area contributed by atoms with Crippen LogP contribution in [0.2, 0.25) is 0 Å². The largest absolute Gasteiger partial charge is 0.417 e. The minimum Gasteiger partial charge on any atom is -0.417 e. The molecule has 120 valence electrons. The van der Waals surface area contributed by atoms with Gasteiger partial charge < -0.3 is 30.0 Å². The molecule has 1 aromatic carbocycles. The molecule has 4 atom stereocenters. The van der Waals surface area contributed by atoms with E-state index in [0.29, 0.717) is 5.56 Å². The maximum atomic E-state index is 10.5. The van der Waals surface area contributed by atoms with Crippen molar-refractivity contribution in [1.82, 2.24) is 4.73 Å². The zero-order valence-corrected chi connectivity index (χ0v) is 12.1. The number of para-hydroxylation sites is 1. The molecule has 1 aromatic heterocycles. The molecule has 7 nitrogen and oxygen atoms in total. The lowest BCUT2D eigenvalue weighted by molar-refractivity contribution is -0.320. The summed E-state index contributed by atoms with van der Waals surface area (Å²) in [6.07, 6.45) is -2.66. The summed E-state index contributed by atoms with van der Waals surface area (Å²) in [4.78, 5) is 5.24. The van der Waals surface area contributed by atoms with E-state index in [1.165, 1.54) is 7.11 Å². The fourth-order valence-electron chi connectivity index (χ4n) is 2.83. The lowest BCUT2D eigenvalue weighted by atomic mass is 9.91. The van der Waals surface area contributed by atoms with Gasteiger partial charge in [-0.1, -0.05) is 18.2 Å². The van der Waals surface area contributed by atoms with E-state index in [4.69, 9.17) is 9.57 Å². The van der Waals surface area contributed by atoms with Crippen LogP contribution >= 0.6 is 0 Å². The van der Waals surface area contributed by atoms with Crippen molar-refractivity contribution < 1.29 is 30.0 Å². The molecule has 1 fully saturated rings. The molecule has 22 heavy (non-hydrogen) atoms. The average molecular weight is 309 g/mol. The van der Waals surface area contributed by atoms with E-state index < -0.39 is 24.1 Å². The number of nitrogens with zero attached hydrogens (tertiary/aromatic N) is 1. The molecule has 2 aromatic rings. The summed E-state index contributed by atoms with van der Waals surface area (Å²) in [7, 11) is 1.52. The zero-order chi connectivity index (χ0) is 15.9. The first-order valence-electron chi connectivity index (χ1n) is 7.00. The Hall–Kier alpha value is -1.64. The highest BCUT2D eigenvalue weighted by atomic mass is 16.7. The molecular weight excluding hydrogens is 290 g/mol. The van der Waals surface area contributed by atoms with Crippen molar-refractivity contribution in [2.24, 2.45) is 0 Å². The molecule has 2 heterocycles. The summed E-state index contributed by atoms with van der Waals surface area (Å²) in [5, 5.41) is 40.7. The van der Waals surface area contributed by atoms with Gasteiger partial charge >= 0.3 is 0 Å². The van der Waals surface area contributed by atoms with Crippen LogP contribution in [-0.4, -0.2) is 63.0 Å². The number of rotatable bonds is 3. The third kappa shape index (κ3) is 2.37. The van der Waals surface area contributed by atoms with Gasteiger partial charge in [-0.25, -0.2) is 0 Å². The molecule has 0 saturated carbocycles. The Bertz CT molecular complexity index is 671. The second-order valence-electron chi connectivity index (χ2n) is 5.52. The maximum Gasteiger partial charge on any atom is 0.198 e. The van der Waals surface area contributed by atoms with Gasteiger partial charge in [-0.15, -0.1) is 0 Å². The number of aliphatic hydroxyl groups excluding tert-OH is 3. The van der Waals surface area contributed by atoms with Crippen LogP contribution in [0.1, 0.15) is 5.56 Å². The Kier molecular flexibility index (Phi) is 3.84. The second kappa shape index (κ2) is 5.53. The lowest BCUT2D eigenvalue weighted by Crippen LogP contribution is -2.61. The predicted octanol–water partition coefficient (Wildman–Crippen LogP) is -0.956. The molecule has 1 aliphatic heterocycles. The standard InChI is InChI=1S/C15H19NO6/c1-21-16-7-9(10-4-2-3-5-11(10)16)6-15(20)14(19)13(18)12(17)8-22-15/h2-5,7,12-14,17-20H,6,8H2,1H3/t12-,13+,14+,15+/m0/s1. The number of fused-ring (bicyclic) bond motifs is 1. The van der Waals surface area contributed by atoms with Crippen molar-refractivity contribution in [1.29, 1.82) is 0 Å². The van der Waals surface area contributed by atoms with Crippen molar-refractivity contribution in [3.05, 3.63) is 36.0 Å². The van der Waals surface area contributed by atoms with Gasteiger partial charge in [-0.2, -0.15) is 4.73 Å². The smallest absolute Gasteiger partial charge is 0.198 e. The van der Waals surface area contributed by atoms with Gasteiger partial charge in [0.1, 0.15) is 25.4 Å². The fourth-order valence-corrected chi connectivity index (χ4v) is 2.83. The highest BCUT2D eigenvalue weighted by molar-refractivity contribution is 5.83. The van der Waals surface area contributed by atoms with E-state index in [1.807, 2.05) is 24.3 Å². The van der Waals surface area contributed by atoms with Crippen LogP contribution in [0.15, 0.2) is 30.5 Å². The topological polar surface area (TPSA) is 104 Å². The molecule has 0 bridgehead atoms. The number of aliphatic hydroxyl groups is 4. The average Bonchev–Trinajstić information content (AvgIpc) is 2.88. The number of aromatic nitrogens is 1. The normalized spacial score (nSPS) is 32.3. The number of benzene rings is 1. The first-order chi connectivity index (χ1) is 10.5. The molecular formula is C15H19NO6. The van der Waals surface area contributed by atoms with Gasteiger partial charge in [-0.3, -0.25) is 0 Å². The van der Waals surface area contributed by atoms with Crippen molar-refractivity contribution in [2.75, 3.05) is 13.7 Å². The van der Waals surface area contributed by atoms with E-state index >= 15 is 0 Å². The quantitative estimate of drug-likeness (QED) is 0.582. The fraction of sp³-hybridized carbons (Fsp3) is 0.467. The molecule has 0 radical (unpaired) electrons. The summed E-state index contributed by atoms with van der Waals surface area (Å²) in [6, 6.07) is 7.45. The molecule has 3 rings (SSSR count). The van der Waals surface area contributed by atoms with Gasteiger partial charge in [0.2, 0.25) is 0 Å². The van der Waals surface area contributed by atoms with Crippen molar-refractivity contribution >= 4 is 10.9 Å². The van der Waals surface area contributed by atoms with Gasteiger partial charge in [0.15, 0.2) is 5.79 Å². The van der Waals surface area contributed by atoms with Crippen LogP contribution in [0.5, 0.6) is 0 Å². The number of hydrogen-bond acceptors (Lipinski definition) is 6. The Labute approximate surface area is 126 Å².